The normalized spacial score (nSPS) is 10.1. The van der Waals surface area contributed by atoms with E-state index >= 15 is 0 Å². The van der Waals surface area contributed by atoms with Crippen LogP contribution < -0.4 is 0 Å². The van der Waals surface area contributed by atoms with Gasteiger partial charge in [-0.15, -0.1) is 0 Å². The van der Waals surface area contributed by atoms with Crippen molar-refractivity contribution in [1.29, 1.82) is 0 Å². The van der Waals surface area contributed by atoms with Gasteiger partial charge in [-0.2, -0.15) is 0 Å². The molecule has 0 aliphatic heterocycles. The summed E-state index contributed by atoms with van der Waals surface area (Å²) in [5.41, 5.74) is 0.581. The van der Waals surface area contributed by atoms with Crippen molar-refractivity contribution < 1.29 is 4.79 Å². The summed E-state index contributed by atoms with van der Waals surface area (Å²) in [6.07, 6.45) is 3.60. The Morgan fingerprint density at radius 3 is 2.80 bits per heavy atom. The van der Waals surface area contributed by atoms with Gasteiger partial charge in [-0.05, 0) is 18.6 Å². The molecule has 1 aromatic heterocycles. The highest BCUT2D eigenvalue weighted by Gasteiger charge is 2.10. The Labute approximate surface area is 95.1 Å². The van der Waals surface area contributed by atoms with Gasteiger partial charge >= 0.3 is 0 Å². The van der Waals surface area contributed by atoms with Crippen LogP contribution in [0, 0.1) is 0 Å². The Bertz CT molecular complexity index is 324. The molecule has 0 saturated carbocycles. The number of amides is 1. The Hall–Kier alpha value is -1.09. The maximum atomic E-state index is 11.8. The number of nitrogens with zero attached hydrogens (tertiary/aromatic N) is 2. The fourth-order valence-corrected chi connectivity index (χ4v) is 1.33. The molecule has 1 rings (SSSR count). The minimum absolute atomic E-state index is 0.00684. The highest BCUT2D eigenvalue weighted by Crippen LogP contribution is 2.07. The highest BCUT2D eigenvalue weighted by atomic mass is 35.5. The van der Waals surface area contributed by atoms with Gasteiger partial charge in [0.25, 0.3) is 5.91 Å². The largest absolute Gasteiger partial charge is 0.342 e. The van der Waals surface area contributed by atoms with Crippen molar-refractivity contribution in [3.63, 3.8) is 0 Å². The van der Waals surface area contributed by atoms with Crippen LogP contribution >= 0.6 is 11.6 Å². The zero-order valence-corrected chi connectivity index (χ0v) is 9.79. The summed E-state index contributed by atoms with van der Waals surface area (Å²) < 4.78 is 0. The molecule has 0 aliphatic carbocycles. The number of halogens is 1. The molecule has 1 heterocycles. The number of hydrogen-bond acceptors (Lipinski definition) is 2. The zero-order valence-electron chi connectivity index (χ0n) is 9.03. The summed E-state index contributed by atoms with van der Waals surface area (Å²) in [6, 6.07) is 3.32. The Kier molecular flexibility index (Phi) is 4.56. The minimum atomic E-state index is -0.00684. The molecule has 0 aromatic carbocycles. The van der Waals surface area contributed by atoms with E-state index in [4.69, 9.17) is 11.6 Å². The van der Waals surface area contributed by atoms with Gasteiger partial charge < -0.3 is 4.90 Å². The van der Waals surface area contributed by atoms with Crippen LogP contribution in [0.5, 0.6) is 0 Å². The second-order valence-corrected chi connectivity index (χ2v) is 3.84. The molecule has 0 fully saturated rings. The quantitative estimate of drug-likeness (QED) is 0.740. The van der Waals surface area contributed by atoms with Crippen molar-refractivity contribution in [1.82, 2.24) is 9.88 Å². The van der Waals surface area contributed by atoms with E-state index in [1.807, 2.05) is 0 Å². The first-order valence-electron chi connectivity index (χ1n) is 5.02. The molecule has 0 unspecified atom stereocenters. The second kappa shape index (κ2) is 5.71. The summed E-state index contributed by atoms with van der Waals surface area (Å²) in [5, 5.41) is 0.405. The van der Waals surface area contributed by atoms with Crippen LogP contribution in [0.4, 0.5) is 0 Å². The third-order valence-electron chi connectivity index (χ3n) is 2.17. The molecule has 0 radical (unpaired) electrons. The standard InChI is InChI=1S/C11H15ClN2O/c1-3-4-7-14(2)11(15)9-5-6-10(12)13-8-9/h5-6,8H,3-4,7H2,1-2H3. The number of rotatable bonds is 4. The fraction of sp³-hybridized carbons (Fsp3) is 0.455. The second-order valence-electron chi connectivity index (χ2n) is 3.45. The molecule has 0 spiro atoms. The smallest absolute Gasteiger partial charge is 0.255 e. The monoisotopic (exact) mass is 226 g/mol. The van der Waals surface area contributed by atoms with Crippen LogP contribution in [0.1, 0.15) is 30.1 Å². The lowest BCUT2D eigenvalue weighted by molar-refractivity contribution is 0.0793. The predicted octanol–water partition coefficient (Wildman–Crippen LogP) is 2.61. The summed E-state index contributed by atoms with van der Waals surface area (Å²) in [7, 11) is 1.80. The van der Waals surface area contributed by atoms with E-state index in [-0.39, 0.29) is 5.91 Å². The molecule has 1 aromatic rings. The van der Waals surface area contributed by atoms with Crippen molar-refractivity contribution in [3.8, 4) is 0 Å². The van der Waals surface area contributed by atoms with Gasteiger partial charge in [0.1, 0.15) is 5.15 Å². The number of aromatic nitrogens is 1. The van der Waals surface area contributed by atoms with Crippen LogP contribution in [-0.4, -0.2) is 29.4 Å². The maximum absolute atomic E-state index is 11.8. The van der Waals surface area contributed by atoms with Crippen LogP contribution in [0.25, 0.3) is 0 Å². The summed E-state index contributed by atoms with van der Waals surface area (Å²) in [5.74, 6) is -0.00684. The van der Waals surface area contributed by atoms with Crippen molar-refractivity contribution >= 4 is 17.5 Å². The third kappa shape index (κ3) is 3.51. The molecule has 15 heavy (non-hydrogen) atoms. The number of pyridine rings is 1. The molecule has 0 N–H and O–H groups in total. The van der Waals surface area contributed by atoms with E-state index < -0.39 is 0 Å². The van der Waals surface area contributed by atoms with Crippen molar-refractivity contribution in [2.45, 2.75) is 19.8 Å². The summed E-state index contributed by atoms with van der Waals surface area (Å²) in [6.45, 7) is 2.88. The van der Waals surface area contributed by atoms with Crippen LogP contribution in [0.3, 0.4) is 0 Å². The first-order valence-corrected chi connectivity index (χ1v) is 5.40. The van der Waals surface area contributed by atoms with E-state index in [2.05, 4.69) is 11.9 Å². The third-order valence-corrected chi connectivity index (χ3v) is 2.39. The molecular weight excluding hydrogens is 212 g/mol. The van der Waals surface area contributed by atoms with Crippen LogP contribution in [0.15, 0.2) is 18.3 Å². The molecule has 0 bridgehead atoms. The Morgan fingerprint density at radius 1 is 1.53 bits per heavy atom. The van der Waals surface area contributed by atoms with E-state index in [1.165, 1.54) is 6.20 Å². The number of unbranched alkanes of at least 4 members (excludes halogenated alkanes) is 1. The summed E-state index contributed by atoms with van der Waals surface area (Å²) in [4.78, 5) is 17.4. The first-order chi connectivity index (χ1) is 7.15. The van der Waals surface area contributed by atoms with Crippen molar-refractivity contribution in [2.75, 3.05) is 13.6 Å². The molecule has 3 nitrogen and oxygen atoms in total. The van der Waals surface area contributed by atoms with Crippen molar-refractivity contribution in [3.05, 3.63) is 29.0 Å². The van der Waals surface area contributed by atoms with Crippen molar-refractivity contribution in [2.24, 2.45) is 0 Å². The van der Waals surface area contributed by atoms with Gasteiger partial charge in [0.05, 0.1) is 5.56 Å². The fourth-order valence-electron chi connectivity index (χ4n) is 1.22. The lowest BCUT2D eigenvalue weighted by Crippen LogP contribution is -2.27. The highest BCUT2D eigenvalue weighted by molar-refractivity contribution is 6.29. The van der Waals surface area contributed by atoms with Gasteiger partial charge in [-0.1, -0.05) is 24.9 Å². The molecule has 0 saturated heterocycles. The Balaban J connectivity index is 2.63. The molecule has 82 valence electrons. The number of carbonyl (C=O) groups is 1. The van der Waals surface area contributed by atoms with Crippen LogP contribution in [0.2, 0.25) is 5.15 Å². The van der Waals surface area contributed by atoms with Gasteiger partial charge in [-0.3, -0.25) is 4.79 Å². The summed E-state index contributed by atoms with van der Waals surface area (Å²) >= 11 is 5.64. The van der Waals surface area contributed by atoms with E-state index in [0.717, 1.165) is 19.4 Å². The Morgan fingerprint density at radius 2 is 2.27 bits per heavy atom. The van der Waals surface area contributed by atoms with E-state index in [9.17, 15) is 4.79 Å². The SMILES string of the molecule is CCCCN(C)C(=O)c1ccc(Cl)nc1. The number of carbonyl (C=O) groups excluding carboxylic acids is 1. The molecular formula is C11H15ClN2O. The zero-order chi connectivity index (χ0) is 11.3. The maximum Gasteiger partial charge on any atom is 0.255 e. The molecule has 0 atom stereocenters. The van der Waals surface area contributed by atoms with E-state index in [0.29, 0.717) is 10.7 Å². The predicted molar refractivity (Wildman–Crippen MR) is 61.1 cm³/mol. The van der Waals surface area contributed by atoms with Gasteiger partial charge in [0.15, 0.2) is 0 Å². The van der Waals surface area contributed by atoms with Gasteiger partial charge in [-0.25, -0.2) is 4.98 Å². The lowest BCUT2D eigenvalue weighted by Gasteiger charge is -2.16. The average molecular weight is 227 g/mol. The topological polar surface area (TPSA) is 33.2 Å². The lowest BCUT2D eigenvalue weighted by atomic mass is 10.2. The van der Waals surface area contributed by atoms with Gasteiger partial charge in [0.2, 0.25) is 0 Å². The van der Waals surface area contributed by atoms with E-state index in [1.54, 1.807) is 24.1 Å². The van der Waals surface area contributed by atoms with Gasteiger partial charge in [0, 0.05) is 19.8 Å². The minimum Gasteiger partial charge on any atom is -0.342 e. The molecule has 0 aliphatic rings. The number of hydrogen-bond donors (Lipinski definition) is 0. The first kappa shape index (κ1) is 12.0. The van der Waals surface area contributed by atoms with Crippen LogP contribution in [-0.2, 0) is 0 Å². The molecule has 1 amide bonds. The molecule has 4 heteroatoms. The average Bonchev–Trinajstić information content (AvgIpc) is 2.26.